The molecule has 3 heteroatoms. The van der Waals surface area contributed by atoms with E-state index in [0.717, 1.165) is 0 Å². The summed E-state index contributed by atoms with van der Waals surface area (Å²) in [6.45, 7) is 3.91. The Bertz CT molecular complexity index is 381. The molecule has 1 aromatic rings. The highest BCUT2D eigenvalue weighted by atomic mass is 16.1. The number of nitrogens with zero attached hydrogens (tertiary/aromatic N) is 2. The molecule has 0 amide bonds. The first-order chi connectivity index (χ1) is 5.75. The molecule has 62 valence electrons. The second kappa shape index (κ2) is 3.72. The van der Waals surface area contributed by atoms with Crippen molar-refractivity contribution in [3.8, 4) is 11.8 Å². The van der Waals surface area contributed by atoms with Crippen LogP contribution in [0.2, 0.25) is 0 Å². The van der Waals surface area contributed by atoms with Gasteiger partial charge in [0.1, 0.15) is 0 Å². The zero-order valence-corrected chi connectivity index (χ0v) is 7.16. The fraction of sp³-hybridized carbons (Fsp3) is 0.333. The number of hydrogen-bond acceptors (Lipinski definition) is 2. The van der Waals surface area contributed by atoms with Crippen LogP contribution in [0.4, 0.5) is 0 Å². The highest BCUT2D eigenvalue weighted by molar-refractivity contribution is 5.03. The van der Waals surface area contributed by atoms with Crippen molar-refractivity contribution in [3.05, 3.63) is 28.4 Å². The van der Waals surface area contributed by atoms with Crippen molar-refractivity contribution in [1.82, 2.24) is 9.55 Å². The maximum absolute atomic E-state index is 11.3. The van der Waals surface area contributed by atoms with Gasteiger partial charge in [0.15, 0.2) is 0 Å². The molecule has 3 nitrogen and oxygen atoms in total. The molecule has 1 rings (SSSR count). The Balaban J connectivity index is 3.06. The van der Waals surface area contributed by atoms with Crippen LogP contribution in [-0.4, -0.2) is 9.55 Å². The van der Waals surface area contributed by atoms with Crippen LogP contribution in [0.25, 0.3) is 0 Å². The highest BCUT2D eigenvalue weighted by Gasteiger charge is 1.95. The van der Waals surface area contributed by atoms with Crippen molar-refractivity contribution in [3.63, 3.8) is 0 Å². The van der Waals surface area contributed by atoms with E-state index < -0.39 is 0 Å². The van der Waals surface area contributed by atoms with Gasteiger partial charge in [-0.1, -0.05) is 5.92 Å². The molecular weight excluding hydrogens is 152 g/mol. The topological polar surface area (TPSA) is 34.9 Å². The van der Waals surface area contributed by atoms with E-state index in [1.54, 1.807) is 20.0 Å². The van der Waals surface area contributed by atoms with Gasteiger partial charge in [-0.15, -0.1) is 5.92 Å². The van der Waals surface area contributed by atoms with Crippen LogP contribution in [0, 0.1) is 18.8 Å². The molecule has 0 atom stereocenters. The van der Waals surface area contributed by atoms with E-state index in [1.165, 1.54) is 10.9 Å². The standard InChI is InChI=1S/C9H10N2O/c1-3-4-5-11-7-10-6-8(2)9(11)12/h6-7H,5H2,1-2H3. The summed E-state index contributed by atoms with van der Waals surface area (Å²) in [5.41, 5.74) is 0.628. The number of rotatable bonds is 1. The average molecular weight is 162 g/mol. The molecule has 1 aromatic heterocycles. The molecule has 0 spiro atoms. The molecule has 0 saturated heterocycles. The molecule has 0 fully saturated rings. The summed E-state index contributed by atoms with van der Waals surface area (Å²) in [5, 5.41) is 0. The monoisotopic (exact) mass is 162 g/mol. The van der Waals surface area contributed by atoms with Crippen LogP contribution in [0.15, 0.2) is 17.3 Å². The van der Waals surface area contributed by atoms with E-state index in [2.05, 4.69) is 16.8 Å². The van der Waals surface area contributed by atoms with Gasteiger partial charge in [-0.05, 0) is 13.8 Å². The lowest BCUT2D eigenvalue weighted by Gasteiger charge is -1.98. The summed E-state index contributed by atoms with van der Waals surface area (Å²) in [5.74, 6) is 5.53. The molecule has 0 bridgehead atoms. The van der Waals surface area contributed by atoms with Crippen molar-refractivity contribution >= 4 is 0 Å². The number of hydrogen-bond donors (Lipinski definition) is 0. The maximum Gasteiger partial charge on any atom is 0.257 e. The lowest BCUT2D eigenvalue weighted by molar-refractivity contribution is 0.758. The average Bonchev–Trinajstić information content (AvgIpc) is 2.08. The van der Waals surface area contributed by atoms with E-state index in [1.807, 2.05) is 0 Å². The van der Waals surface area contributed by atoms with Crippen LogP contribution < -0.4 is 5.56 Å². The molecule has 0 aromatic carbocycles. The van der Waals surface area contributed by atoms with E-state index in [-0.39, 0.29) is 5.56 Å². The number of aryl methyl sites for hydroxylation is 1. The van der Waals surface area contributed by atoms with Gasteiger partial charge in [0.2, 0.25) is 0 Å². The third-order valence-corrected chi connectivity index (χ3v) is 1.50. The molecule has 0 aliphatic rings. The van der Waals surface area contributed by atoms with E-state index in [9.17, 15) is 4.79 Å². The highest BCUT2D eigenvalue weighted by Crippen LogP contribution is 1.83. The van der Waals surface area contributed by atoms with E-state index in [4.69, 9.17) is 0 Å². The minimum absolute atomic E-state index is 0.0206. The first-order valence-electron chi connectivity index (χ1n) is 3.66. The Labute approximate surface area is 71.1 Å². The third kappa shape index (κ3) is 1.73. The smallest absolute Gasteiger partial charge is 0.257 e. The summed E-state index contributed by atoms with van der Waals surface area (Å²) in [6, 6.07) is 0. The molecule has 0 aliphatic heterocycles. The summed E-state index contributed by atoms with van der Waals surface area (Å²) in [7, 11) is 0. The predicted molar refractivity (Wildman–Crippen MR) is 46.7 cm³/mol. The Kier molecular flexibility index (Phi) is 2.65. The molecule has 0 radical (unpaired) electrons. The van der Waals surface area contributed by atoms with Gasteiger partial charge in [-0.25, -0.2) is 4.98 Å². The Morgan fingerprint density at radius 2 is 2.42 bits per heavy atom. The van der Waals surface area contributed by atoms with Gasteiger partial charge in [0, 0.05) is 11.8 Å². The summed E-state index contributed by atoms with van der Waals surface area (Å²) >= 11 is 0. The van der Waals surface area contributed by atoms with Crippen molar-refractivity contribution in [2.75, 3.05) is 0 Å². The molecule has 0 N–H and O–H groups in total. The largest absolute Gasteiger partial charge is 0.287 e. The SMILES string of the molecule is CC#CCn1cncc(C)c1=O. The van der Waals surface area contributed by atoms with Gasteiger partial charge in [-0.2, -0.15) is 0 Å². The van der Waals surface area contributed by atoms with Crippen LogP contribution in [0.5, 0.6) is 0 Å². The minimum Gasteiger partial charge on any atom is -0.287 e. The predicted octanol–water partition coefficient (Wildman–Crippen LogP) is 0.575. The van der Waals surface area contributed by atoms with Crippen LogP contribution in [-0.2, 0) is 6.54 Å². The third-order valence-electron chi connectivity index (χ3n) is 1.50. The van der Waals surface area contributed by atoms with Crippen LogP contribution >= 0.6 is 0 Å². The molecule has 0 saturated carbocycles. The summed E-state index contributed by atoms with van der Waals surface area (Å²) in [4.78, 5) is 15.2. The minimum atomic E-state index is -0.0206. The molecule has 0 aliphatic carbocycles. The normalized spacial score (nSPS) is 8.83. The first-order valence-corrected chi connectivity index (χ1v) is 3.66. The molecule has 12 heavy (non-hydrogen) atoms. The Morgan fingerprint density at radius 1 is 1.67 bits per heavy atom. The van der Waals surface area contributed by atoms with Gasteiger partial charge >= 0.3 is 0 Å². The maximum atomic E-state index is 11.3. The van der Waals surface area contributed by atoms with Crippen molar-refractivity contribution < 1.29 is 0 Å². The fourth-order valence-electron chi connectivity index (χ4n) is 0.837. The molecular formula is C9H10N2O. The zero-order valence-electron chi connectivity index (χ0n) is 7.16. The zero-order chi connectivity index (χ0) is 8.97. The summed E-state index contributed by atoms with van der Waals surface area (Å²) in [6.07, 6.45) is 3.05. The van der Waals surface area contributed by atoms with Gasteiger partial charge in [0.25, 0.3) is 5.56 Å². The van der Waals surface area contributed by atoms with Gasteiger partial charge in [0.05, 0.1) is 12.9 Å². The van der Waals surface area contributed by atoms with Gasteiger partial charge < -0.3 is 0 Å². The first kappa shape index (κ1) is 8.54. The van der Waals surface area contributed by atoms with Crippen molar-refractivity contribution in [1.29, 1.82) is 0 Å². The van der Waals surface area contributed by atoms with E-state index in [0.29, 0.717) is 12.1 Å². The Morgan fingerprint density at radius 3 is 3.08 bits per heavy atom. The Hall–Kier alpha value is -1.56. The second-order valence-corrected chi connectivity index (χ2v) is 2.44. The van der Waals surface area contributed by atoms with E-state index >= 15 is 0 Å². The molecule has 0 unspecified atom stereocenters. The lowest BCUT2D eigenvalue weighted by Crippen LogP contribution is -2.21. The van der Waals surface area contributed by atoms with Crippen molar-refractivity contribution in [2.24, 2.45) is 0 Å². The lowest BCUT2D eigenvalue weighted by atomic mass is 10.4. The second-order valence-electron chi connectivity index (χ2n) is 2.44. The van der Waals surface area contributed by atoms with Crippen molar-refractivity contribution in [2.45, 2.75) is 20.4 Å². The quantitative estimate of drug-likeness (QED) is 0.566. The van der Waals surface area contributed by atoms with Gasteiger partial charge in [-0.3, -0.25) is 9.36 Å². The number of aromatic nitrogens is 2. The fourth-order valence-corrected chi connectivity index (χ4v) is 0.837. The molecule has 1 heterocycles. The summed E-state index contributed by atoms with van der Waals surface area (Å²) < 4.78 is 1.49. The van der Waals surface area contributed by atoms with Crippen LogP contribution in [0.3, 0.4) is 0 Å². The van der Waals surface area contributed by atoms with Crippen LogP contribution in [0.1, 0.15) is 12.5 Å².